The molecule has 2 aromatic heterocycles. The van der Waals surface area contributed by atoms with Gasteiger partial charge in [-0.3, -0.25) is 9.59 Å². The van der Waals surface area contributed by atoms with Crippen LogP contribution in [-0.4, -0.2) is 75.5 Å². The molecule has 0 bridgehead atoms. The Kier molecular flexibility index (Phi) is 7.90. The quantitative estimate of drug-likeness (QED) is 0.517. The first-order chi connectivity index (χ1) is 17.5. The predicted molar refractivity (Wildman–Crippen MR) is 118 cm³/mol. The normalized spacial score (nSPS) is 20.1. The Bertz CT molecular complexity index is 1140. The number of anilines is 1. The fourth-order valence-electron chi connectivity index (χ4n) is 4.42. The molecule has 2 aliphatic heterocycles. The van der Waals surface area contributed by atoms with E-state index in [0.29, 0.717) is 44.8 Å². The molecule has 202 valence electrons. The van der Waals surface area contributed by atoms with Crippen LogP contribution in [0.3, 0.4) is 0 Å². The lowest BCUT2D eigenvalue weighted by molar-refractivity contribution is -0.141. The van der Waals surface area contributed by atoms with Crippen LogP contribution in [-0.2, 0) is 15.7 Å². The summed E-state index contributed by atoms with van der Waals surface area (Å²) in [5.41, 5.74) is -3.15. The highest BCUT2D eigenvalue weighted by atomic mass is 19.4. The topological polar surface area (TPSA) is 114 Å². The number of nitrogens with zero attached hydrogens (tertiary/aromatic N) is 5. The van der Waals surface area contributed by atoms with Crippen LogP contribution in [0.15, 0.2) is 23.4 Å². The summed E-state index contributed by atoms with van der Waals surface area (Å²) < 4.78 is 75.8. The number of nitrogens with one attached hydrogen (secondary N) is 1. The molecule has 2 atom stereocenters. The van der Waals surface area contributed by atoms with Gasteiger partial charge in [0.15, 0.2) is 11.3 Å². The van der Waals surface area contributed by atoms with E-state index < -0.39 is 41.7 Å². The number of hydrogen-bond acceptors (Lipinski definition) is 8. The van der Waals surface area contributed by atoms with Gasteiger partial charge in [0, 0.05) is 44.5 Å². The summed E-state index contributed by atoms with van der Waals surface area (Å²) in [5.74, 6) is -0.571. The Morgan fingerprint density at radius 1 is 1.08 bits per heavy atom. The Morgan fingerprint density at radius 2 is 1.76 bits per heavy atom. The summed E-state index contributed by atoms with van der Waals surface area (Å²) in [6, 6.07) is -0.0391. The van der Waals surface area contributed by atoms with Crippen molar-refractivity contribution in [1.82, 2.24) is 25.1 Å². The number of aromatic amines is 1. The summed E-state index contributed by atoms with van der Waals surface area (Å²) in [6.45, 7) is 2.86. The van der Waals surface area contributed by atoms with Crippen LogP contribution in [0.1, 0.15) is 43.7 Å². The molecule has 1 unspecified atom stereocenters. The van der Waals surface area contributed by atoms with Crippen LogP contribution in [0.2, 0.25) is 0 Å². The molecule has 2 saturated heterocycles. The molecule has 1 amide bonds. The summed E-state index contributed by atoms with van der Waals surface area (Å²) in [5, 5.41) is 5.09. The lowest BCUT2D eigenvalue weighted by Gasteiger charge is -2.36. The van der Waals surface area contributed by atoms with Gasteiger partial charge in [-0.15, -0.1) is 0 Å². The lowest BCUT2D eigenvalue weighted by Crippen LogP contribution is -2.47. The number of likely N-dealkylation sites (tertiary alicyclic amines) is 1. The average molecular weight is 532 g/mol. The van der Waals surface area contributed by atoms with Crippen molar-refractivity contribution in [3.63, 3.8) is 0 Å². The van der Waals surface area contributed by atoms with E-state index in [4.69, 9.17) is 9.47 Å². The minimum absolute atomic E-state index is 0.0391. The number of piperidine rings is 1. The van der Waals surface area contributed by atoms with E-state index in [0.717, 1.165) is 18.6 Å². The van der Waals surface area contributed by atoms with Crippen molar-refractivity contribution in [1.29, 1.82) is 0 Å². The molecular weight excluding hydrogens is 507 g/mol. The van der Waals surface area contributed by atoms with Gasteiger partial charge >= 0.3 is 6.18 Å². The first-order valence-corrected chi connectivity index (χ1v) is 11.6. The highest BCUT2D eigenvalue weighted by molar-refractivity contribution is 5.83. The van der Waals surface area contributed by atoms with Crippen LogP contribution in [0, 0.1) is 0 Å². The Labute approximate surface area is 207 Å². The first kappa shape index (κ1) is 26.7. The number of carbonyl (C=O) groups excluding carboxylic acids is 1. The van der Waals surface area contributed by atoms with E-state index in [2.05, 4.69) is 15.1 Å². The van der Waals surface area contributed by atoms with Crippen LogP contribution >= 0.6 is 0 Å². The van der Waals surface area contributed by atoms with E-state index in [1.807, 2.05) is 4.90 Å². The summed E-state index contributed by atoms with van der Waals surface area (Å²) in [4.78, 5) is 36.1. The first-order valence-electron chi connectivity index (χ1n) is 11.6. The summed E-state index contributed by atoms with van der Waals surface area (Å²) in [7, 11) is 0. The molecule has 4 rings (SSSR count). The minimum atomic E-state index is -4.93. The maximum absolute atomic E-state index is 13.2. The second-order valence-electron chi connectivity index (χ2n) is 8.84. The molecule has 15 heteroatoms. The van der Waals surface area contributed by atoms with E-state index in [-0.39, 0.29) is 24.1 Å². The zero-order valence-corrected chi connectivity index (χ0v) is 19.8. The smallest absolute Gasteiger partial charge is 0.425 e. The molecule has 2 fully saturated rings. The SMILES string of the molecule is C[C@@H](COC1CCN(C2CCN(c3ncc(C(F)F)cn3)CC2)C1=O)Oc1cn[nH]c(=O)c1C(F)(F)F. The number of aromatic nitrogens is 4. The molecule has 0 spiro atoms. The molecule has 37 heavy (non-hydrogen) atoms. The largest absolute Gasteiger partial charge is 0.486 e. The maximum atomic E-state index is 13.2. The maximum Gasteiger partial charge on any atom is 0.425 e. The Hall–Kier alpha value is -3.36. The van der Waals surface area contributed by atoms with Gasteiger partial charge in [-0.2, -0.15) is 18.3 Å². The molecule has 0 aliphatic carbocycles. The molecule has 1 N–H and O–H groups in total. The number of alkyl halides is 5. The average Bonchev–Trinajstić information content (AvgIpc) is 3.22. The molecule has 2 aromatic rings. The van der Waals surface area contributed by atoms with Crippen molar-refractivity contribution in [2.75, 3.05) is 31.1 Å². The van der Waals surface area contributed by atoms with Gasteiger partial charge in [-0.05, 0) is 19.8 Å². The minimum Gasteiger partial charge on any atom is -0.486 e. The van der Waals surface area contributed by atoms with Crippen molar-refractivity contribution in [2.24, 2.45) is 0 Å². The van der Waals surface area contributed by atoms with Gasteiger partial charge < -0.3 is 19.3 Å². The lowest BCUT2D eigenvalue weighted by atomic mass is 10.0. The number of ether oxygens (including phenoxy) is 2. The number of carbonyl (C=O) groups is 1. The van der Waals surface area contributed by atoms with E-state index in [1.165, 1.54) is 6.92 Å². The van der Waals surface area contributed by atoms with Gasteiger partial charge in [-0.1, -0.05) is 0 Å². The fourth-order valence-corrected chi connectivity index (χ4v) is 4.42. The van der Waals surface area contributed by atoms with Crippen molar-refractivity contribution in [3.05, 3.63) is 40.1 Å². The third-order valence-corrected chi connectivity index (χ3v) is 6.25. The molecule has 10 nitrogen and oxygen atoms in total. The van der Waals surface area contributed by atoms with Gasteiger partial charge in [0.1, 0.15) is 12.2 Å². The van der Waals surface area contributed by atoms with Crippen LogP contribution in [0.5, 0.6) is 5.75 Å². The molecule has 2 aliphatic rings. The van der Waals surface area contributed by atoms with Gasteiger partial charge in [-0.25, -0.2) is 23.8 Å². The second-order valence-corrected chi connectivity index (χ2v) is 8.84. The van der Waals surface area contributed by atoms with E-state index in [9.17, 15) is 31.5 Å². The number of H-pyrrole nitrogens is 1. The monoisotopic (exact) mass is 532 g/mol. The molecule has 4 heterocycles. The molecule has 0 radical (unpaired) electrons. The van der Waals surface area contributed by atoms with Crippen molar-refractivity contribution < 1.29 is 36.2 Å². The second kappa shape index (κ2) is 10.9. The standard InChI is InChI=1S/C22H25F5N6O4/c1-12(37-16-10-30-31-19(34)17(16)22(25,26)27)11-36-15-4-7-33(20(15)35)14-2-5-32(6-3-14)21-28-8-13(9-29-21)18(23)24/h8-10,12,14-15,18H,2-7,11H2,1H3,(H,31,34)/t12-,15?/m0/s1. The molecular formula is C22H25F5N6O4. The van der Waals surface area contributed by atoms with Crippen molar-refractivity contribution in [3.8, 4) is 5.75 Å². The summed E-state index contributed by atoms with van der Waals surface area (Å²) in [6.07, 6.45) is -4.54. The zero-order valence-electron chi connectivity index (χ0n) is 19.8. The van der Waals surface area contributed by atoms with Gasteiger partial charge in [0.2, 0.25) is 5.95 Å². The highest BCUT2D eigenvalue weighted by Crippen LogP contribution is 2.33. The van der Waals surface area contributed by atoms with Gasteiger partial charge in [0.05, 0.1) is 18.4 Å². The number of amides is 1. The van der Waals surface area contributed by atoms with Crippen LogP contribution in [0.4, 0.5) is 27.9 Å². The van der Waals surface area contributed by atoms with Crippen molar-refractivity contribution in [2.45, 2.75) is 57.0 Å². The number of halogens is 5. The Balaban J connectivity index is 1.27. The van der Waals surface area contributed by atoms with Crippen LogP contribution in [0.25, 0.3) is 0 Å². The molecule has 0 saturated carbocycles. The third-order valence-electron chi connectivity index (χ3n) is 6.25. The summed E-state index contributed by atoms with van der Waals surface area (Å²) >= 11 is 0. The third kappa shape index (κ3) is 6.14. The van der Waals surface area contributed by atoms with E-state index >= 15 is 0 Å². The number of hydrogen-bond donors (Lipinski definition) is 1. The van der Waals surface area contributed by atoms with E-state index in [1.54, 1.807) is 10.00 Å². The van der Waals surface area contributed by atoms with Gasteiger partial charge in [0.25, 0.3) is 17.9 Å². The zero-order chi connectivity index (χ0) is 26.7. The number of rotatable bonds is 8. The Morgan fingerprint density at radius 3 is 2.38 bits per heavy atom. The molecule has 0 aromatic carbocycles. The highest BCUT2D eigenvalue weighted by Gasteiger charge is 2.40. The van der Waals surface area contributed by atoms with Crippen LogP contribution < -0.4 is 15.2 Å². The van der Waals surface area contributed by atoms with Crippen molar-refractivity contribution >= 4 is 11.9 Å². The fraction of sp³-hybridized carbons (Fsp3) is 0.591. The predicted octanol–water partition coefficient (Wildman–Crippen LogP) is 2.57.